The molecule has 0 spiro atoms. The molecule has 0 aliphatic carbocycles. The summed E-state index contributed by atoms with van der Waals surface area (Å²) in [5, 5.41) is 2.44. The number of aromatic nitrogens is 3. The number of rotatable bonds is 3. The minimum atomic E-state index is 0.681. The van der Waals surface area contributed by atoms with Gasteiger partial charge in [0, 0.05) is 36.9 Å². The van der Waals surface area contributed by atoms with Gasteiger partial charge in [0.2, 0.25) is 0 Å². The molecule has 2 aromatic heterocycles. The first-order valence-electron chi connectivity index (χ1n) is 10.1. The van der Waals surface area contributed by atoms with Crippen molar-refractivity contribution in [3.8, 4) is 34.2 Å². The third-order valence-corrected chi connectivity index (χ3v) is 6.48. The fourth-order valence-corrected chi connectivity index (χ4v) is 5.02. The molecule has 0 saturated heterocycles. The quantitative estimate of drug-likeness (QED) is 0.306. The lowest BCUT2D eigenvalue weighted by molar-refractivity contribution is 1.08. The summed E-state index contributed by atoms with van der Waals surface area (Å²) in [4.78, 5) is 14.6. The van der Waals surface area contributed by atoms with Gasteiger partial charge in [-0.3, -0.25) is 0 Å². The molecule has 4 aromatic carbocycles. The average molecular weight is 416 g/mol. The molecule has 4 heteroatoms. The van der Waals surface area contributed by atoms with Crippen LogP contribution in [0.25, 0.3) is 54.3 Å². The van der Waals surface area contributed by atoms with Gasteiger partial charge >= 0.3 is 0 Å². The molecule has 0 fully saturated rings. The van der Waals surface area contributed by atoms with Gasteiger partial charge in [-0.15, -0.1) is 11.3 Å². The summed E-state index contributed by atoms with van der Waals surface area (Å²) in [5.41, 5.74) is 2.99. The summed E-state index contributed by atoms with van der Waals surface area (Å²) in [7, 11) is 0. The Bertz CT molecular complexity index is 1460. The number of benzene rings is 4. The lowest BCUT2D eigenvalue weighted by atomic mass is 10.1. The maximum absolute atomic E-state index is 4.92. The summed E-state index contributed by atoms with van der Waals surface area (Å²) in [6, 6.07) is 35.1. The van der Waals surface area contributed by atoms with Gasteiger partial charge in [0.15, 0.2) is 17.5 Å². The Hall–Kier alpha value is -3.89. The van der Waals surface area contributed by atoms with Crippen molar-refractivity contribution in [2.24, 2.45) is 0 Å². The molecule has 146 valence electrons. The smallest absolute Gasteiger partial charge is 0.164 e. The van der Waals surface area contributed by atoms with E-state index in [1.54, 1.807) is 11.3 Å². The standard InChI is InChI=1S/C27H17N3S/c1-3-10-18(11-4-1)25-28-26(19-12-5-2-6-13-19)30-27(29-25)21-15-9-17-23-24(21)20-14-7-8-16-22(20)31-23/h1-17H. The summed E-state index contributed by atoms with van der Waals surface area (Å²) >= 11 is 1.80. The molecule has 2 heterocycles. The Balaban J connectivity index is 1.66. The number of nitrogens with zero attached hydrogens (tertiary/aromatic N) is 3. The minimum Gasteiger partial charge on any atom is -0.208 e. The highest BCUT2D eigenvalue weighted by Crippen LogP contribution is 2.39. The van der Waals surface area contributed by atoms with Crippen molar-refractivity contribution >= 4 is 31.5 Å². The van der Waals surface area contributed by atoms with Crippen molar-refractivity contribution in [2.45, 2.75) is 0 Å². The number of hydrogen-bond acceptors (Lipinski definition) is 4. The van der Waals surface area contributed by atoms with Crippen molar-refractivity contribution in [1.29, 1.82) is 0 Å². The van der Waals surface area contributed by atoms with Crippen LogP contribution < -0.4 is 0 Å². The molecule has 3 nitrogen and oxygen atoms in total. The summed E-state index contributed by atoms with van der Waals surface area (Å²) in [6.45, 7) is 0. The molecular weight excluding hydrogens is 398 g/mol. The maximum Gasteiger partial charge on any atom is 0.164 e. The maximum atomic E-state index is 4.92. The largest absolute Gasteiger partial charge is 0.208 e. The predicted molar refractivity (Wildman–Crippen MR) is 129 cm³/mol. The predicted octanol–water partition coefficient (Wildman–Crippen LogP) is 7.24. The second kappa shape index (κ2) is 7.42. The number of fused-ring (bicyclic) bond motifs is 3. The van der Waals surface area contributed by atoms with Crippen LogP contribution in [0.5, 0.6) is 0 Å². The van der Waals surface area contributed by atoms with Gasteiger partial charge in [-0.1, -0.05) is 91.0 Å². The molecule has 0 unspecified atom stereocenters. The summed E-state index contributed by atoms with van der Waals surface area (Å²) < 4.78 is 2.51. The fourth-order valence-electron chi connectivity index (χ4n) is 3.89. The Morgan fingerprint density at radius 3 is 1.68 bits per heavy atom. The Morgan fingerprint density at radius 2 is 1.00 bits per heavy atom. The van der Waals surface area contributed by atoms with E-state index in [2.05, 4.69) is 42.5 Å². The molecule has 0 atom stereocenters. The highest BCUT2D eigenvalue weighted by Gasteiger charge is 2.16. The summed E-state index contributed by atoms with van der Waals surface area (Å²) in [6.07, 6.45) is 0. The fraction of sp³-hybridized carbons (Fsp3) is 0. The topological polar surface area (TPSA) is 38.7 Å². The van der Waals surface area contributed by atoms with Crippen LogP contribution >= 0.6 is 11.3 Å². The van der Waals surface area contributed by atoms with Crippen LogP contribution in [0.1, 0.15) is 0 Å². The number of hydrogen-bond donors (Lipinski definition) is 0. The summed E-state index contributed by atoms with van der Waals surface area (Å²) in [5.74, 6) is 2.06. The number of thiophene rings is 1. The van der Waals surface area contributed by atoms with E-state index in [0.717, 1.165) is 16.7 Å². The first-order valence-corrected chi connectivity index (χ1v) is 11.0. The van der Waals surface area contributed by atoms with Crippen LogP contribution in [-0.4, -0.2) is 15.0 Å². The second-order valence-electron chi connectivity index (χ2n) is 7.32. The van der Waals surface area contributed by atoms with E-state index < -0.39 is 0 Å². The molecule has 0 radical (unpaired) electrons. The molecule has 0 saturated carbocycles. The zero-order valence-electron chi connectivity index (χ0n) is 16.6. The third-order valence-electron chi connectivity index (χ3n) is 5.34. The van der Waals surface area contributed by atoms with E-state index in [1.807, 2.05) is 60.7 Å². The molecule has 0 aliphatic heterocycles. The molecule has 6 aromatic rings. The molecule has 0 amide bonds. The van der Waals surface area contributed by atoms with Crippen LogP contribution in [0.2, 0.25) is 0 Å². The van der Waals surface area contributed by atoms with Crippen LogP contribution in [0, 0.1) is 0 Å². The zero-order chi connectivity index (χ0) is 20.6. The van der Waals surface area contributed by atoms with Gasteiger partial charge in [-0.25, -0.2) is 15.0 Å². The van der Waals surface area contributed by atoms with E-state index in [9.17, 15) is 0 Å². The third kappa shape index (κ3) is 3.18. The molecule has 0 N–H and O–H groups in total. The van der Waals surface area contributed by atoms with Crippen molar-refractivity contribution in [3.05, 3.63) is 103 Å². The van der Waals surface area contributed by atoms with Gasteiger partial charge in [-0.2, -0.15) is 0 Å². The molecular formula is C27H17N3S. The van der Waals surface area contributed by atoms with E-state index in [0.29, 0.717) is 17.5 Å². The highest BCUT2D eigenvalue weighted by molar-refractivity contribution is 7.25. The lowest BCUT2D eigenvalue weighted by Crippen LogP contribution is -2.00. The SMILES string of the molecule is c1ccc(-c2nc(-c3ccccc3)nc(-c3cccc4sc5ccccc5c34)n2)cc1. The van der Waals surface area contributed by atoms with Crippen LogP contribution in [0.15, 0.2) is 103 Å². The van der Waals surface area contributed by atoms with Crippen molar-refractivity contribution in [3.63, 3.8) is 0 Å². The van der Waals surface area contributed by atoms with Crippen LogP contribution in [0.4, 0.5) is 0 Å². The Labute approximate surface area is 183 Å². The first-order chi connectivity index (χ1) is 15.4. The molecule has 31 heavy (non-hydrogen) atoms. The van der Waals surface area contributed by atoms with E-state index in [-0.39, 0.29) is 0 Å². The van der Waals surface area contributed by atoms with E-state index >= 15 is 0 Å². The molecule has 0 bridgehead atoms. The van der Waals surface area contributed by atoms with Crippen LogP contribution in [-0.2, 0) is 0 Å². The lowest BCUT2D eigenvalue weighted by Gasteiger charge is -2.09. The van der Waals surface area contributed by atoms with Crippen molar-refractivity contribution < 1.29 is 0 Å². The van der Waals surface area contributed by atoms with Gasteiger partial charge in [0.1, 0.15) is 0 Å². The normalized spacial score (nSPS) is 11.2. The monoisotopic (exact) mass is 415 g/mol. The zero-order valence-corrected chi connectivity index (χ0v) is 17.4. The molecule has 0 aliphatic rings. The molecule has 6 rings (SSSR count). The Morgan fingerprint density at radius 1 is 0.452 bits per heavy atom. The van der Waals surface area contributed by atoms with E-state index in [1.165, 1.54) is 20.2 Å². The van der Waals surface area contributed by atoms with Crippen molar-refractivity contribution in [1.82, 2.24) is 15.0 Å². The van der Waals surface area contributed by atoms with E-state index in [4.69, 9.17) is 15.0 Å². The average Bonchev–Trinajstić information content (AvgIpc) is 3.24. The Kier molecular flexibility index (Phi) is 4.29. The van der Waals surface area contributed by atoms with Gasteiger partial charge in [-0.05, 0) is 12.1 Å². The first kappa shape index (κ1) is 17.9. The van der Waals surface area contributed by atoms with Crippen molar-refractivity contribution in [2.75, 3.05) is 0 Å². The van der Waals surface area contributed by atoms with Gasteiger partial charge in [0.25, 0.3) is 0 Å². The highest BCUT2D eigenvalue weighted by atomic mass is 32.1. The van der Waals surface area contributed by atoms with Gasteiger partial charge < -0.3 is 0 Å². The van der Waals surface area contributed by atoms with Gasteiger partial charge in [0.05, 0.1) is 0 Å². The van der Waals surface area contributed by atoms with Crippen LogP contribution in [0.3, 0.4) is 0 Å². The second-order valence-corrected chi connectivity index (χ2v) is 8.40. The minimum absolute atomic E-state index is 0.681.